The topological polar surface area (TPSA) is 58.4 Å². The lowest BCUT2D eigenvalue weighted by atomic mass is 10.1. The molecule has 0 atom stereocenters. The van der Waals surface area contributed by atoms with E-state index in [9.17, 15) is 9.18 Å². The second-order valence-corrected chi connectivity index (χ2v) is 4.63. The maximum atomic E-state index is 12.8. The number of nitrogens with zero attached hydrogens (tertiary/aromatic N) is 1. The summed E-state index contributed by atoms with van der Waals surface area (Å²) in [5.41, 5.74) is 8.27. The molecule has 0 bridgehead atoms. The highest BCUT2D eigenvalue weighted by atomic mass is 19.1. The van der Waals surface area contributed by atoms with Gasteiger partial charge in [-0.3, -0.25) is 4.79 Å². The molecule has 0 spiro atoms. The SMILES string of the molecule is CN(C)c1ccc(C(=O)Nc2ccc(F)cc2)cc1N. The van der Waals surface area contributed by atoms with Gasteiger partial charge in [0.15, 0.2) is 0 Å². The van der Waals surface area contributed by atoms with E-state index in [0.29, 0.717) is 16.9 Å². The van der Waals surface area contributed by atoms with Gasteiger partial charge in [-0.2, -0.15) is 0 Å². The second kappa shape index (κ2) is 5.61. The Morgan fingerprint density at radius 1 is 1.15 bits per heavy atom. The van der Waals surface area contributed by atoms with Crippen LogP contribution in [0.25, 0.3) is 0 Å². The Balaban J connectivity index is 2.17. The molecular formula is C15H16FN3O. The predicted octanol–water partition coefficient (Wildman–Crippen LogP) is 2.73. The molecule has 20 heavy (non-hydrogen) atoms. The van der Waals surface area contributed by atoms with E-state index in [4.69, 9.17) is 5.73 Å². The van der Waals surface area contributed by atoms with E-state index in [1.807, 2.05) is 19.0 Å². The Hall–Kier alpha value is -2.56. The molecule has 0 unspecified atom stereocenters. The van der Waals surface area contributed by atoms with Crippen molar-refractivity contribution in [3.63, 3.8) is 0 Å². The fourth-order valence-electron chi connectivity index (χ4n) is 1.84. The normalized spacial score (nSPS) is 10.2. The minimum atomic E-state index is -0.345. The number of anilines is 3. The van der Waals surface area contributed by atoms with E-state index >= 15 is 0 Å². The predicted molar refractivity (Wildman–Crippen MR) is 79.5 cm³/mol. The fraction of sp³-hybridized carbons (Fsp3) is 0.133. The van der Waals surface area contributed by atoms with Crippen LogP contribution in [0.2, 0.25) is 0 Å². The summed E-state index contributed by atoms with van der Waals surface area (Å²) in [6.07, 6.45) is 0. The summed E-state index contributed by atoms with van der Waals surface area (Å²) >= 11 is 0. The van der Waals surface area contributed by atoms with Crippen LogP contribution in [0.15, 0.2) is 42.5 Å². The van der Waals surface area contributed by atoms with Crippen molar-refractivity contribution >= 4 is 23.0 Å². The molecule has 0 aromatic heterocycles. The van der Waals surface area contributed by atoms with Gasteiger partial charge in [-0.15, -0.1) is 0 Å². The molecule has 5 heteroatoms. The van der Waals surface area contributed by atoms with Gasteiger partial charge in [-0.1, -0.05) is 0 Å². The largest absolute Gasteiger partial charge is 0.397 e. The lowest BCUT2D eigenvalue weighted by Crippen LogP contribution is -2.15. The Kier molecular flexibility index (Phi) is 3.89. The first-order valence-electron chi connectivity index (χ1n) is 6.11. The van der Waals surface area contributed by atoms with Gasteiger partial charge in [-0.05, 0) is 42.5 Å². The summed E-state index contributed by atoms with van der Waals surface area (Å²) in [5.74, 6) is -0.629. The zero-order valence-electron chi connectivity index (χ0n) is 11.4. The van der Waals surface area contributed by atoms with Gasteiger partial charge in [0.05, 0.1) is 11.4 Å². The second-order valence-electron chi connectivity index (χ2n) is 4.63. The van der Waals surface area contributed by atoms with Gasteiger partial charge in [-0.25, -0.2) is 4.39 Å². The van der Waals surface area contributed by atoms with Gasteiger partial charge in [0, 0.05) is 25.3 Å². The third kappa shape index (κ3) is 3.06. The number of hydrogen-bond donors (Lipinski definition) is 2. The Labute approximate surface area is 117 Å². The van der Waals surface area contributed by atoms with Crippen molar-refractivity contribution in [3.05, 3.63) is 53.8 Å². The van der Waals surface area contributed by atoms with Crippen LogP contribution in [0.3, 0.4) is 0 Å². The maximum Gasteiger partial charge on any atom is 0.255 e. The minimum Gasteiger partial charge on any atom is -0.397 e. The molecule has 3 N–H and O–H groups in total. The monoisotopic (exact) mass is 273 g/mol. The lowest BCUT2D eigenvalue weighted by Gasteiger charge is -2.15. The van der Waals surface area contributed by atoms with E-state index in [2.05, 4.69) is 5.32 Å². The highest BCUT2D eigenvalue weighted by Crippen LogP contribution is 2.22. The quantitative estimate of drug-likeness (QED) is 0.845. The van der Waals surface area contributed by atoms with Gasteiger partial charge >= 0.3 is 0 Å². The first-order valence-corrected chi connectivity index (χ1v) is 6.11. The van der Waals surface area contributed by atoms with Crippen molar-refractivity contribution in [2.75, 3.05) is 30.0 Å². The van der Waals surface area contributed by atoms with Crippen LogP contribution in [-0.2, 0) is 0 Å². The summed E-state index contributed by atoms with van der Waals surface area (Å²) in [5, 5.41) is 2.69. The van der Waals surface area contributed by atoms with E-state index in [-0.39, 0.29) is 11.7 Å². The molecular weight excluding hydrogens is 257 g/mol. The van der Waals surface area contributed by atoms with Crippen LogP contribution in [-0.4, -0.2) is 20.0 Å². The van der Waals surface area contributed by atoms with E-state index < -0.39 is 0 Å². The maximum absolute atomic E-state index is 12.8. The highest BCUT2D eigenvalue weighted by Gasteiger charge is 2.09. The van der Waals surface area contributed by atoms with E-state index in [1.165, 1.54) is 24.3 Å². The van der Waals surface area contributed by atoms with Crippen molar-refractivity contribution in [2.24, 2.45) is 0 Å². The number of nitrogens with two attached hydrogens (primary N) is 1. The average molecular weight is 273 g/mol. The number of hydrogen-bond acceptors (Lipinski definition) is 3. The summed E-state index contributed by atoms with van der Waals surface area (Å²) < 4.78 is 12.8. The smallest absolute Gasteiger partial charge is 0.255 e. The van der Waals surface area contributed by atoms with Crippen molar-refractivity contribution in [1.82, 2.24) is 0 Å². The molecule has 0 saturated carbocycles. The van der Waals surface area contributed by atoms with Gasteiger partial charge in [0.2, 0.25) is 0 Å². The number of amides is 1. The summed E-state index contributed by atoms with van der Waals surface area (Å²) in [6, 6.07) is 10.7. The molecule has 0 aliphatic rings. The molecule has 0 heterocycles. The van der Waals surface area contributed by atoms with Crippen LogP contribution in [0, 0.1) is 5.82 Å². The number of carbonyl (C=O) groups excluding carboxylic acids is 1. The van der Waals surface area contributed by atoms with E-state index in [0.717, 1.165) is 5.69 Å². The number of nitrogen functional groups attached to an aromatic ring is 1. The summed E-state index contributed by atoms with van der Waals surface area (Å²) in [7, 11) is 3.76. The first-order chi connectivity index (χ1) is 9.47. The standard InChI is InChI=1S/C15H16FN3O/c1-19(2)14-8-3-10(9-13(14)17)15(20)18-12-6-4-11(16)5-7-12/h3-9H,17H2,1-2H3,(H,18,20). The zero-order chi connectivity index (χ0) is 14.7. The molecule has 2 aromatic rings. The summed E-state index contributed by atoms with van der Waals surface area (Å²) in [4.78, 5) is 13.9. The Bertz CT molecular complexity index is 624. The van der Waals surface area contributed by atoms with Gasteiger partial charge < -0.3 is 16.0 Å². The molecule has 2 aromatic carbocycles. The van der Waals surface area contributed by atoms with Crippen LogP contribution < -0.4 is 16.0 Å². The zero-order valence-corrected chi connectivity index (χ0v) is 11.4. The first kappa shape index (κ1) is 13.9. The van der Waals surface area contributed by atoms with Crippen LogP contribution in [0.4, 0.5) is 21.5 Å². The molecule has 104 valence electrons. The number of carbonyl (C=O) groups is 1. The molecule has 0 saturated heterocycles. The number of nitrogens with one attached hydrogen (secondary N) is 1. The lowest BCUT2D eigenvalue weighted by molar-refractivity contribution is 0.102. The molecule has 1 amide bonds. The highest BCUT2D eigenvalue weighted by molar-refractivity contribution is 6.05. The van der Waals surface area contributed by atoms with Crippen molar-refractivity contribution < 1.29 is 9.18 Å². The minimum absolute atomic E-state index is 0.284. The molecule has 0 aliphatic heterocycles. The van der Waals surface area contributed by atoms with Crippen molar-refractivity contribution in [1.29, 1.82) is 0 Å². The number of benzene rings is 2. The number of halogens is 1. The summed E-state index contributed by atoms with van der Waals surface area (Å²) in [6.45, 7) is 0. The molecule has 2 rings (SSSR count). The van der Waals surface area contributed by atoms with Crippen LogP contribution >= 0.6 is 0 Å². The number of rotatable bonds is 3. The molecule has 0 aliphatic carbocycles. The molecule has 0 radical (unpaired) electrons. The molecule has 0 fully saturated rings. The third-order valence-electron chi connectivity index (χ3n) is 2.87. The average Bonchev–Trinajstić information content (AvgIpc) is 2.40. The van der Waals surface area contributed by atoms with Gasteiger partial charge in [0.25, 0.3) is 5.91 Å². The third-order valence-corrected chi connectivity index (χ3v) is 2.87. The van der Waals surface area contributed by atoms with E-state index in [1.54, 1.807) is 18.2 Å². The van der Waals surface area contributed by atoms with Crippen molar-refractivity contribution in [3.8, 4) is 0 Å². The van der Waals surface area contributed by atoms with Gasteiger partial charge in [0.1, 0.15) is 5.82 Å². The Morgan fingerprint density at radius 2 is 1.80 bits per heavy atom. The Morgan fingerprint density at radius 3 is 2.35 bits per heavy atom. The molecule has 4 nitrogen and oxygen atoms in total. The fourth-order valence-corrected chi connectivity index (χ4v) is 1.84. The van der Waals surface area contributed by atoms with Crippen LogP contribution in [0.1, 0.15) is 10.4 Å². The van der Waals surface area contributed by atoms with Crippen LogP contribution in [0.5, 0.6) is 0 Å². The van der Waals surface area contributed by atoms with Crippen molar-refractivity contribution in [2.45, 2.75) is 0 Å².